The SMILES string of the molecule is CC(C)c1cc(-c2cccc(C(Cc3ccccc3C#N)C(=O)O)c2)c2ncccc2c1. The molecule has 0 spiro atoms. The summed E-state index contributed by atoms with van der Waals surface area (Å²) < 4.78 is 0. The van der Waals surface area contributed by atoms with E-state index >= 15 is 0 Å². The molecule has 0 saturated heterocycles. The molecule has 1 heterocycles. The second-order valence-corrected chi connectivity index (χ2v) is 8.29. The molecule has 32 heavy (non-hydrogen) atoms. The van der Waals surface area contributed by atoms with Crippen molar-refractivity contribution in [3.8, 4) is 17.2 Å². The average molecular weight is 421 g/mol. The molecule has 3 aromatic carbocycles. The maximum atomic E-state index is 12.2. The highest BCUT2D eigenvalue weighted by atomic mass is 16.4. The van der Waals surface area contributed by atoms with Gasteiger partial charge in [0.1, 0.15) is 0 Å². The number of carboxylic acids is 1. The number of carbonyl (C=O) groups is 1. The van der Waals surface area contributed by atoms with Crippen molar-refractivity contribution in [2.45, 2.75) is 32.1 Å². The summed E-state index contributed by atoms with van der Waals surface area (Å²) in [6.07, 6.45) is 2.04. The predicted octanol–water partition coefficient (Wildman–Crippen LogP) is 6.31. The van der Waals surface area contributed by atoms with Crippen LogP contribution in [0.25, 0.3) is 22.0 Å². The zero-order valence-electron chi connectivity index (χ0n) is 18.1. The first-order valence-corrected chi connectivity index (χ1v) is 10.7. The van der Waals surface area contributed by atoms with Gasteiger partial charge in [0.05, 0.1) is 23.1 Å². The Bertz CT molecular complexity index is 1330. The van der Waals surface area contributed by atoms with E-state index in [2.05, 4.69) is 43.1 Å². The number of carboxylic acid groups (broad SMARTS) is 1. The zero-order valence-corrected chi connectivity index (χ0v) is 18.1. The van der Waals surface area contributed by atoms with E-state index in [1.165, 1.54) is 5.56 Å². The van der Waals surface area contributed by atoms with Crippen molar-refractivity contribution in [3.63, 3.8) is 0 Å². The third kappa shape index (κ3) is 4.24. The predicted molar refractivity (Wildman–Crippen MR) is 127 cm³/mol. The minimum Gasteiger partial charge on any atom is -0.481 e. The van der Waals surface area contributed by atoms with E-state index in [0.29, 0.717) is 17.0 Å². The summed E-state index contributed by atoms with van der Waals surface area (Å²) in [5, 5.41) is 20.5. The molecular weight excluding hydrogens is 396 g/mol. The first kappa shape index (κ1) is 21.3. The highest BCUT2D eigenvalue weighted by Gasteiger charge is 2.22. The molecule has 1 atom stereocenters. The van der Waals surface area contributed by atoms with Gasteiger partial charge in [0, 0.05) is 17.1 Å². The summed E-state index contributed by atoms with van der Waals surface area (Å²) in [4.78, 5) is 16.8. The molecular formula is C28H24N2O2. The topological polar surface area (TPSA) is 74.0 Å². The molecule has 4 heteroatoms. The van der Waals surface area contributed by atoms with E-state index in [4.69, 9.17) is 0 Å². The number of nitriles is 1. The third-order valence-electron chi connectivity index (χ3n) is 5.85. The summed E-state index contributed by atoms with van der Waals surface area (Å²) in [5.74, 6) is -1.30. The summed E-state index contributed by atoms with van der Waals surface area (Å²) in [6, 6.07) is 25.3. The number of rotatable bonds is 6. The lowest BCUT2D eigenvalue weighted by Gasteiger charge is -2.16. The van der Waals surface area contributed by atoms with Crippen molar-refractivity contribution in [1.29, 1.82) is 5.26 Å². The number of aliphatic carboxylic acids is 1. The Morgan fingerprint density at radius 1 is 1.00 bits per heavy atom. The van der Waals surface area contributed by atoms with Crippen LogP contribution in [0.3, 0.4) is 0 Å². The summed E-state index contributed by atoms with van der Waals surface area (Å²) >= 11 is 0. The van der Waals surface area contributed by atoms with Crippen molar-refractivity contribution >= 4 is 16.9 Å². The molecule has 1 aromatic heterocycles. The Morgan fingerprint density at radius 3 is 2.56 bits per heavy atom. The maximum absolute atomic E-state index is 12.2. The molecule has 1 N–H and O–H groups in total. The molecule has 0 aliphatic heterocycles. The third-order valence-corrected chi connectivity index (χ3v) is 5.85. The number of hydrogen-bond donors (Lipinski definition) is 1. The van der Waals surface area contributed by atoms with Crippen LogP contribution in [0, 0.1) is 11.3 Å². The lowest BCUT2D eigenvalue weighted by atomic mass is 9.87. The van der Waals surface area contributed by atoms with Gasteiger partial charge in [0.2, 0.25) is 0 Å². The molecule has 0 aliphatic rings. The second kappa shape index (κ2) is 9.03. The molecule has 1 unspecified atom stereocenters. The lowest BCUT2D eigenvalue weighted by molar-refractivity contribution is -0.138. The number of aromatic nitrogens is 1. The van der Waals surface area contributed by atoms with Gasteiger partial charge in [-0.05, 0) is 58.9 Å². The maximum Gasteiger partial charge on any atom is 0.311 e. The van der Waals surface area contributed by atoms with Crippen molar-refractivity contribution < 1.29 is 9.90 Å². The van der Waals surface area contributed by atoms with E-state index in [1.54, 1.807) is 18.3 Å². The first-order chi connectivity index (χ1) is 15.5. The zero-order chi connectivity index (χ0) is 22.7. The van der Waals surface area contributed by atoms with Crippen molar-refractivity contribution in [3.05, 3.63) is 101 Å². The molecule has 4 rings (SSSR count). The Labute approximate surface area is 187 Å². The van der Waals surface area contributed by atoms with Gasteiger partial charge >= 0.3 is 5.97 Å². The van der Waals surface area contributed by atoms with Gasteiger partial charge in [0.25, 0.3) is 0 Å². The van der Waals surface area contributed by atoms with E-state index in [0.717, 1.165) is 27.6 Å². The molecule has 0 saturated carbocycles. The molecule has 0 fully saturated rings. The summed E-state index contributed by atoms with van der Waals surface area (Å²) in [5.41, 5.74) is 6.00. The number of benzene rings is 3. The monoisotopic (exact) mass is 420 g/mol. The van der Waals surface area contributed by atoms with Crippen LogP contribution in [0.2, 0.25) is 0 Å². The minimum absolute atomic E-state index is 0.257. The molecule has 158 valence electrons. The van der Waals surface area contributed by atoms with Crippen LogP contribution in [0.1, 0.15) is 47.9 Å². The lowest BCUT2D eigenvalue weighted by Crippen LogP contribution is -2.15. The van der Waals surface area contributed by atoms with Crippen LogP contribution in [0.15, 0.2) is 79.0 Å². The number of fused-ring (bicyclic) bond motifs is 1. The van der Waals surface area contributed by atoms with Gasteiger partial charge in [0.15, 0.2) is 0 Å². The fourth-order valence-electron chi connectivity index (χ4n) is 4.07. The van der Waals surface area contributed by atoms with Gasteiger partial charge in [-0.3, -0.25) is 9.78 Å². The fraction of sp³-hybridized carbons (Fsp3) is 0.179. The molecule has 0 bridgehead atoms. The van der Waals surface area contributed by atoms with Gasteiger partial charge in [-0.2, -0.15) is 5.26 Å². The minimum atomic E-state index is -0.909. The quantitative estimate of drug-likeness (QED) is 0.397. The standard InChI is InChI=1S/C28H24N2O2/c1-18(2)24-14-22-11-6-12-30-27(22)25(16-24)20-9-5-10-21(13-20)26(28(31)32)15-19-7-3-4-8-23(19)17-29/h3-14,16,18,26H,15H2,1-2H3,(H,31,32). The van der Waals surface area contributed by atoms with Gasteiger partial charge in [-0.1, -0.05) is 62.4 Å². The second-order valence-electron chi connectivity index (χ2n) is 8.29. The Balaban J connectivity index is 1.81. The smallest absolute Gasteiger partial charge is 0.311 e. The molecule has 4 aromatic rings. The van der Waals surface area contributed by atoms with Crippen molar-refractivity contribution in [1.82, 2.24) is 4.98 Å². The number of pyridine rings is 1. The Hall–Kier alpha value is -3.97. The van der Waals surface area contributed by atoms with Gasteiger partial charge in [-0.25, -0.2) is 0 Å². The van der Waals surface area contributed by atoms with Crippen LogP contribution in [-0.4, -0.2) is 16.1 Å². The van der Waals surface area contributed by atoms with E-state index < -0.39 is 11.9 Å². The first-order valence-electron chi connectivity index (χ1n) is 10.7. The van der Waals surface area contributed by atoms with Gasteiger partial charge in [-0.15, -0.1) is 0 Å². The van der Waals surface area contributed by atoms with E-state index in [9.17, 15) is 15.2 Å². The van der Waals surface area contributed by atoms with E-state index in [-0.39, 0.29) is 6.42 Å². The number of nitrogens with zero attached hydrogens (tertiary/aromatic N) is 2. The van der Waals surface area contributed by atoms with Crippen LogP contribution in [0.5, 0.6) is 0 Å². The van der Waals surface area contributed by atoms with Gasteiger partial charge < -0.3 is 5.11 Å². The van der Waals surface area contributed by atoms with Crippen LogP contribution in [0.4, 0.5) is 0 Å². The highest BCUT2D eigenvalue weighted by Crippen LogP contribution is 2.33. The molecule has 0 amide bonds. The highest BCUT2D eigenvalue weighted by molar-refractivity contribution is 5.94. The van der Waals surface area contributed by atoms with E-state index in [1.807, 2.05) is 42.5 Å². The fourth-order valence-corrected chi connectivity index (χ4v) is 4.07. The molecule has 0 radical (unpaired) electrons. The average Bonchev–Trinajstić information content (AvgIpc) is 2.81. The normalized spacial score (nSPS) is 11.9. The Morgan fingerprint density at radius 2 is 1.81 bits per heavy atom. The summed E-state index contributed by atoms with van der Waals surface area (Å²) in [6.45, 7) is 4.32. The Kier molecular flexibility index (Phi) is 6.00. The van der Waals surface area contributed by atoms with Crippen LogP contribution in [-0.2, 0) is 11.2 Å². The summed E-state index contributed by atoms with van der Waals surface area (Å²) in [7, 11) is 0. The van der Waals surface area contributed by atoms with Crippen LogP contribution < -0.4 is 0 Å². The van der Waals surface area contributed by atoms with Crippen molar-refractivity contribution in [2.75, 3.05) is 0 Å². The molecule has 0 aliphatic carbocycles. The number of hydrogen-bond acceptors (Lipinski definition) is 3. The largest absolute Gasteiger partial charge is 0.481 e. The van der Waals surface area contributed by atoms with Crippen molar-refractivity contribution in [2.24, 2.45) is 0 Å². The molecule has 4 nitrogen and oxygen atoms in total. The van der Waals surface area contributed by atoms with Crippen LogP contribution >= 0.6 is 0 Å².